The predicted molar refractivity (Wildman–Crippen MR) is 98.5 cm³/mol. The van der Waals surface area contributed by atoms with Gasteiger partial charge in [0, 0.05) is 16.3 Å². The summed E-state index contributed by atoms with van der Waals surface area (Å²) in [4.78, 5) is 24.3. The molecule has 138 valence electrons. The molecule has 0 bridgehead atoms. The SMILES string of the molecule is COc1cc(C(=O)NCC(=O)Nc2cccc(Cl)c2)cc(OC)c1OC. The zero-order chi connectivity index (χ0) is 19.1. The normalized spacial score (nSPS) is 10.0. The Morgan fingerprint density at radius 1 is 1.00 bits per heavy atom. The molecule has 0 spiro atoms. The molecule has 0 radical (unpaired) electrons. The molecule has 7 nitrogen and oxygen atoms in total. The smallest absolute Gasteiger partial charge is 0.251 e. The minimum Gasteiger partial charge on any atom is -0.493 e. The number of carbonyl (C=O) groups is 2. The molecule has 8 heteroatoms. The second kappa shape index (κ2) is 8.96. The van der Waals surface area contributed by atoms with Crippen LogP contribution in [0.2, 0.25) is 5.02 Å². The van der Waals surface area contributed by atoms with Gasteiger partial charge in [-0.2, -0.15) is 0 Å². The summed E-state index contributed by atoms with van der Waals surface area (Å²) in [7, 11) is 4.38. The molecule has 0 aromatic heterocycles. The third kappa shape index (κ3) is 4.80. The largest absolute Gasteiger partial charge is 0.493 e. The highest BCUT2D eigenvalue weighted by Crippen LogP contribution is 2.38. The first-order valence-corrected chi connectivity index (χ1v) is 8.00. The Balaban J connectivity index is 2.04. The first-order valence-electron chi connectivity index (χ1n) is 7.62. The van der Waals surface area contributed by atoms with Crippen LogP contribution in [-0.2, 0) is 4.79 Å². The average Bonchev–Trinajstić information content (AvgIpc) is 2.64. The zero-order valence-corrected chi connectivity index (χ0v) is 15.3. The minimum absolute atomic E-state index is 0.206. The fraction of sp³-hybridized carbons (Fsp3) is 0.222. The van der Waals surface area contributed by atoms with Gasteiger partial charge in [-0.25, -0.2) is 0 Å². The van der Waals surface area contributed by atoms with Crippen LogP contribution in [0.1, 0.15) is 10.4 Å². The summed E-state index contributed by atoms with van der Waals surface area (Å²) < 4.78 is 15.6. The van der Waals surface area contributed by atoms with Gasteiger partial charge in [0.15, 0.2) is 11.5 Å². The maximum Gasteiger partial charge on any atom is 0.251 e. The highest BCUT2D eigenvalue weighted by atomic mass is 35.5. The number of amides is 2. The lowest BCUT2D eigenvalue weighted by Crippen LogP contribution is -2.32. The van der Waals surface area contributed by atoms with Gasteiger partial charge in [0.1, 0.15) is 0 Å². The molecular formula is C18H19ClN2O5. The minimum atomic E-state index is -0.453. The van der Waals surface area contributed by atoms with Gasteiger partial charge in [-0.3, -0.25) is 9.59 Å². The highest BCUT2D eigenvalue weighted by molar-refractivity contribution is 6.30. The number of benzene rings is 2. The van der Waals surface area contributed by atoms with Crippen LogP contribution in [0.15, 0.2) is 36.4 Å². The molecule has 0 fully saturated rings. The van der Waals surface area contributed by atoms with Gasteiger partial charge < -0.3 is 24.8 Å². The molecule has 0 saturated carbocycles. The van der Waals surface area contributed by atoms with Crippen LogP contribution in [-0.4, -0.2) is 39.7 Å². The Hall–Kier alpha value is -2.93. The molecule has 2 aromatic carbocycles. The maximum atomic E-state index is 12.3. The third-order valence-electron chi connectivity index (χ3n) is 3.44. The summed E-state index contributed by atoms with van der Waals surface area (Å²) in [5, 5.41) is 5.69. The van der Waals surface area contributed by atoms with Crippen molar-refractivity contribution in [1.82, 2.24) is 5.32 Å². The average molecular weight is 379 g/mol. The summed E-state index contributed by atoms with van der Waals surface area (Å²) in [6, 6.07) is 9.73. The van der Waals surface area contributed by atoms with Crippen molar-refractivity contribution < 1.29 is 23.8 Å². The molecule has 2 rings (SSSR count). The Morgan fingerprint density at radius 2 is 1.65 bits per heavy atom. The van der Waals surface area contributed by atoms with E-state index in [4.69, 9.17) is 25.8 Å². The van der Waals surface area contributed by atoms with Crippen molar-refractivity contribution >= 4 is 29.1 Å². The van der Waals surface area contributed by atoms with E-state index in [0.29, 0.717) is 28.0 Å². The fourth-order valence-electron chi connectivity index (χ4n) is 2.25. The lowest BCUT2D eigenvalue weighted by atomic mass is 10.1. The van der Waals surface area contributed by atoms with Crippen molar-refractivity contribution in [3.05, 3.63) is 47.0 Å². The van der Waals surface area contributed by atoms with Gasteiger partial charge in [0.25, 0.3) is 5.91 Å². The van der Waals surface area contributed by atoms with E-state index in [9.17, 15) is 9.59 Å². The molecule has 2 amide bonds. The molecular weight excluding hydrogens is 360 g/mol. The second-order valence-corrected chi connectivity index (χ2v) is 5.59. The molecule has 0 heterocycles. The fourth-order valence-corrected chi connectivity index (χ4v) is 2.44. The van der Waals surface area contributed by atoms with Gasteiger partial charge in [-0.05, 0) is 30.3 Å². The van der Waals surface area contributed by atoms with Crippen LogP contribution >= 0.6 is 11.6 Å². The van der Waals surface area contributed by atoms with Crippen LogP contribution in [0, 0.1) is 0 Å². The monoisotopic (exact) mass is 378 g/mol. The van der Waals surface area contributed by atoms with Crippen LogP contribution in [0.25, 0.3) is 0 Å². The van der Waals surface area contributed by atoms with Crippen LogP contribution in [0.5, 0.6) is 17.2 Å². The van der Waals surface area contributed by atoms with E-state index in [2.05, 4.69) is 10.6 Å². The number of carbonyl (C=O) groups excluding carboxylic acids is 2. The number of ether oxygens (including phenoxy) is 3. The number of rotatable bonds is 7. The number of nitrogens with one attached hydrogen (secondary N) is 2. The number of anilines is 1. The first-order chi connectivity index (χ1) is 12.5. The van der Waals surface area contributed by atoms with Gasteiger partial charge in [0.05, 0.1) is 27.9 Å². The molecule has 0 unspecified atom stereocenters. The van der Waals surface area contributed by atoms with Gasteiger partial charge in [0.2, 0.25) is 11.7 Å². The number of hydrogen-bond acceptors (Lipinski definition) is 5. The van der Waals surface area contributed by atoms with Crippen LogP contribution in [0.3, 0.4) is 0 Å². The molecule has 0 aliphatic heterocycles. The van der Waals surface area contributed by atoms with Crippen LogP contribution in [0.4, 0.5) is 5.69 Å². The number of halogens is 1. The van der Waals surface area contributed by atoms with Crippen molar-refractivity contribution in [2.75, 3.05) is 33.2 Å². The highest BCUT2D eigenvalue weighted by Gasteiger charge is 2.17. The van der Waals surface area contributed by atoms with E-state index in [1.807, 2.05) is 0 Å². The van der Waals surface area contributed by atoms with Crippen LogP contribution < -0.4 is 24.8 Å². The molecule has 2 aromatic rings. The second-order valence-electron chi connectivity index (χ2n) is 5.16. The quantitative estimate of drug-likeness (QED) is 0.773. The lowest BCUT2D eigenvalue weighted by molar-refractivity contribution is -0.115. The van der Waals surface area contributed by atoms with E-state index in [1.54, 1.807) is 24.3 Å². The predicted octanol–water partition coefficient (Wildman–Crippen LogP) is 2.73. The van der Waals surface area contributed by atoms with E-state index in [0.717, 1.165) is 0 Å². The summed E-state index contributed by atoms with van der Waals surface area (Å²) in [6.45, 7) is -0.206. The Labute approximate surface area is 156 Å². The standard InChI is InChI=1S/C18H19ClN2O5/c1-24-14-7-11(8-15(25-2)17(14)26-3)18(23)20-10-16(22)21-13-6-4-5-12(19)9-13/h4-9H,10H2,1-3H3,(H,20,23)(H,21,22). The molecule has 0 aliphatic rings. The lowest BCUT2D eigenvalue weighted by Gasteiger charge is -2.14. The summed E-state index contributed by atoms with van der Waals surface area (Å²) in [5.74, 6) is 0.240. The van der Waals surface area contributed by atoms with E-state index >= 15 is 0 Å². The topological polar surface area (TPSA) is 85.9 Å². The van der Waals surface area contributed by atoms with Crippen molar-refractivity contribution in [1.29, 1.82) is 0 Å². The Kier molecular flexibility index (Phi) is 6.68. The molecule has 0 atom stereocenters. The number of methoxy groups -OCH3 is 3. The van der Waals surface area contributed by atoms with E-state index < -0.39 is 5.91 Å². The molecule has 0 aliphatic carbocycles. The van der Waals surface area contributed by atoms with Gasteiger partial charge in [-0.15, -0.1) is 0 Å². The molecule has 2 N–H and O–H groups in total. The summed E-state index contributed by atoms with van der Waals surface area (Å²) in [5.41, 5.74) is 0.819. The van der Waals surface area contributed by atoms with Crippen molar-refractivity contribution in [2.45, 2.75) is 0 Å². The zero-order valence-electron chi connectivity index (χ0n) is 14.6. The van der Waals surface area contributed by atoms with Crippen molar-refractivity contribution in [3.63, 3.8) is 0 Å². The molecule has 26 heavy (non-hydrogen) atoms. The summed E-state index contributed by atoms with van der Waals surface area (Å²) >= 11 is 5.86. The van der Waals surface area contributed by atoms with Gasteiger partial charge in [-0.1, -0.05) is 17.7 Å². The molecule has 0 saturated heterocycles. The van der Waals surface area contributed by atoms with Crippen molar-refractivity contribution in [3.8, 4) is 17.2 Å². The Morgan fingerprint density at radius 3 is 2.19 bits per heavy atom. The van der Waals surface area contributed by atoms with E-state index in [1.165, 1.54) is 33.5 Å². The Bertz CT molecular complexity index is 785. The first kappa shape index (κ1) is 19.4. The van der Waals surface area contributed by atoms with E-state index in [-0.39, 0.29) is 18.0 Å². The third-order valence-corrected chi connectivity index (χ3v) is 3.68. The summed E-state index contributed by atoms with van der Waals surface area (Å²) in [6.07, 6.45) is 0. The number of hydrogen-bond donors (Lipinski definition) is 2. The van der Waals surface area contributed by atoms with Gasteiger partial charge >= 0.3 is 0 Å². The van der Waals surface area contributed by atoms with Crippen molar-refractivity contribution in [2.24, 2.45) is 0 Å². The maximum absolute atomic E-state index is 12.3.